The summed E-state index contributed by atoms with van der Waals surface area (Å²) in [4.78, 5) is 37.8. The Balaban J connectivity index is -0.0000000287. The third-order valence-corrected chi connectivity index (χ3v) is 0.498. The molecule has 0 radical (unpaired) electrons. The zero-order valence-corrected chi connectivity index (χ0v) is 20.8. The fraction of sp³-hybridized carbons (Fsp3) is 0.692. The number of aliphatic hydroxyl groups excluding tert-OH is 1. The fourth-order valence-electron chi connectivity index (χ4n) is 0.351. The van der Waals surface area contributed by atoms with E-state index in [0.717, 1.165) is 21.0 Å². The molecule has 10 heteroatoms. The normalized spacial score (nSPS) is 6.52. The molecule has 0 aliphatic rings. The molecule has 0 rings (SSSR count). The van der Waals surface area contributed by atoms with Crippen molar-refractivity contribution in [2.75, 3.05) is 7.11 Å². The zero-order valence-electron chi connectivity index (χ0n) is 14.8. The van der Waals surface area contributed by atoms with Crippen molar-refractivity contribution in [2.45, 2.75) is 54.1 Å². The molecule has 0 saturated carbocycles. The van der Waals surface area contributed by atoms with Crippen LogP contribution in [0.3, 0.4) is 0 Å². The summed E-state index contributed by atoms with van der Waals surface area (Å²) in [5.41, 5.74) is 0. The molecule has 0 aromatic rings. The molecule has 128 valence electrons. The first-order chi connectivity index (χ1) is 9.32. The second kappa shape index (κ2) is 38.2. The maximum Gasteiger partial charge on any atom is 4.00 e. The van der Waals surface area contributed by atoms with E-state index in [1.165, 1.54) is 13.8 Å². The fourth-order valence-corrected chi connectivity index (χ4v) is 0.351. The van der Waals surface area contributed by atoms with E-state index >= 15 is 0 Å². The molecular formula is C13H25BaO8Ti+3. The van der Waals surface area contributed by atoms with Gasteiger partial charge in [-0.1, -0.05) is 13.8 Å². The minimum absolute atomic E-state index is 0. The molecule has 8 nitrogen and oxygen atoms in total. The van der Waals surface area contributed by atoms with Crippen molar-refractivity contribution >= 4 is 72.4 Å². The predicted octanol–water partition coefficient (Wildman–Crippen LogP) is -2.95. The topological polar surface area (TPSA) is 158 Å². The first kappa shape index (κ1) is 43.7. The molecule has 0 atom stereocenters. The quantitative estimate of drug-likeness (QED) is 0.315. The van der Waals surface area contributed by atoms with Crippen LogP contribution in [0.5, 0.6) is 0 Å². The number of aliphatic hydroxyl groups is 1. The van der Waals surface area contributed by atoms with Gasteiger partial charge in [0.25, 0.3) is 0 Å². The summed E-state index contributed by atoms with van der Waals surface area (Å²) < 4.78 is 0. The number of rotatable bonds is 2. The monoisotopic (exact) mass is 495 g/mol. The number of Topliss-reactive ketones (excluding diaryl/α,β-unsaturated/α-hetero) is 2. The molecule has 0 aliphatic carbocycles. The van der Waals surface area contributed by atoms with E-state index in [0.29, 0.717) is 0 Å². The van der Waals surface area contributed by atoms with Crippen LogP contribution in [-0.4, -0.2) is 90.7 Å². The first-order valence-corrected chi connectivity index (χ1v) is 5.77. The van der Waals surface area contributed by atoms with Crippen LogP contribution in [-0.2, 0) is 40.9 Å². The average molecular weight is 495 g/mol. The summed E-state index contributed by atoms with van der Waals surface area (Å²) in [7, 11) is 1.00. The van der Waals surface area contributed by atoms with Gasteiger partial charge in [-0.05, 0) is 27.7 Å². The molecule has 0 unspecified atom stereocenters. The number of aliphatic carboxylic acids is 2. The standard InChI is InChI=1S/C5H8O2.C3H7O.2C2H4O2.CH4O.Ba.Ti/c1-4(6)3-5(2)7;1-3(2)4;2*1-2(3)4;1-2;;/h3H2,1-2H3;3H,1-2H3;2*1H3,(H,3,4);2H,1H3;;/q;-1;;;;+2;+4/p-2. The summed E-state index contributed by atoms with van der Waals surface area (Å²) in [6.45, 7) is 7.98. The maximum atomic E-state index is 10.0. The Morgan fingerprint density at radius 3 is 0.913 bits per heavy atom. The molecule has 1 N–H and O–H groups in total. The summed E-state index contributed by atoms with van der Waals surface area (Å²) >= 11 is 0. The Bertz CT molecular complexity index is 248. The minimum Gasteiger partial charge on any atom is -0.852 e. The Morgan fingerprint density at radius 2 is 0.913 bits per heavy atom. The van der Waals surface area contributed by atoms with Gasteiger partial charge in [0.15, 0.2) is 0 Å². The summed E-state index contributed by atoms with van der Waals surface area (Å²) in [5.74, 6) is -2.29. The first-order valence-electron chi connectivity index (χ1n) is 5.77. The van der Waals surface area contributed by atoms with Gasteiger partial charge in [-0.2, -0.15) is 0 Å². The third kappa shape index (κ3) is 469. The molecule has 0 saturated heterocycles. The van der Waals surface area contributed by atoms with E-state index in [2.05, 4.69) is 0 Å². The van der Waals surface area contributed by atoms with Crippen molar-refractivity contribution in [3.05, 3.63) is 0 Å². The van der Waals surface area contributed by atoms with Crippen LogP contribution in [0.25, 0.3) is 0 Å². The van der Waals surface area contributed by atoms with E-state index < -0.39 is 18.0 Å². The molecule has 0 fully saturated rings. The van der Waals surface area contributed by atoms with Crippen LogP contribution in [0.15, 0.2) is 0 Å². The zero-order chi connectivity index (χ0) is 18.6. The van der Waals surface area contributed by atoms with E-state index in [4.69, 9.17) is 24.9 Å². The van der Waals surface area contributed by atoms with Gasteiger partial charge in [0.2, 0.25) is 0 Å². The Kier molecular flexibility index (Phi) is 72.6. The summed E-state index contributed by atoms with van der Waals surface area (Å²) in [5, 5.41) is 34.3. The number of ketones is 2. The molecule has 0 spiro atoms. The van der Waals surface area contributed by atoms with Gasteiger partial charge in [-0.25, -0.2) is 0 Å². The van der Waals surface area contributed by atoms with Gasteiger partial charge < -0.3 is 30.0 Å². The SMILES string of the molecule is CC(=O)CC(C)=O.CC(=O)[O-].CC(=O)[O-].CC(C)[O-].CO.[Ba+2].[Ti+4]. The predicted molar refractivity (Wildman–Crippen MR) is 76.4 cm³/mol. The average Bonchev–Trinajstić information content (AvgIpc) is 2.15. The number of hydrogen-bond acceptors (Lipinski definition) is 8. The van der Waals surface area contributed by atoms with Crippen molar-refractivity contribution in [2.24, 2.45) is 0 Å². The molecule has 0 aromatic heterocycles. The van der Waals surface area contributed by atoms with Gasteiger partial charge >= 0.3 is 70.6 Å². The van der Waals surface area contributed by atoms with Gasteiger partial charge in [0.05, 0.1) is 6.42 Å². The van der Waals surface area contributed by atoms with E-state index in [-0.39, 0.29) is 88.6 Å². The molecule has 0 bridgehead atoms. The van der Waals surface area contributed by atoms with Crippen molar-refractivity contribution in [1.29, 1.82) is 0 Å². The van der Waals surface area contributed by atoms with Gasteiger partial charge in [0, 0.05) is 19.0 Å². The van der Waals surface area contributed by atoms with Crippen LogP contribution in [0.4, 0.5) is 0 Å². The third-order valence-electron chi connectivity index (χ3n) is 0.498. The minimum atomic E-state index is -1.08. The number of carbonyl (C=O) groups is 4. The molecule has 23 heavy (non-hydrogen) atoms. The number of hydrogen-bond donors (Lipinski definition) is 1. The smallest absolute Gasteiger partial charge is 0.852 e. The van der Waals surface area contributed by atoms with Gasteiger partial charge in [-0.3, -0.25) is 9.59 Å². The van der Waals surface area contributed by atoms with E-state index in [9.17, 15) is 14.7 Å². The van der Waals surface area contributed by atoms with E-state index in [1.54, 1.807) is 13.8 Å². The molecule has 0 aliphatic heterocycles. The van der Waals surface area contributed by atoms with Crippen molar-refractivity contribution < 1.29 is 61.3 Å². The number of carboxylic acids is 2. The Hall–Kier alpha value is 0.486. The van der Waals surface area contributed by atoms with Gasteiger partial charge in [-0.15, -0.1) is 6.10 Å². The van der Waals surface area contributed by atoms with Crippen molar-refractivity contribution in [3.8, 4) is 0 Å². The van der Waals surface area contributed by atoms with Gasteiger partial charge in [0.1, 0.15) is 11.6 Å². The second-order valence-electron chi connectivity index (χ2n) is 3.61. The molecule has 0 amide bonds. The maximum absolute atomic E-state index is 10.0. The second-order valence-corrected chi connectivity index (χ2v) is 3.61. The Morgan fingerprint density at radius 1 is 0.826 bits per heavy atom. The van der Waals surface area contributed by atoms with Crippen LogP contribution in [0.1, 0.15) is 48.0 Å². The molecule has 0 aromatic carbocycles. The number of carboxylic acid groups (broad SMARTS) is 2. The molecule has 0 heterocycles. The van der Waals surface area contributed by atoms with Crippen molar-refractivity contribution in [3.63, 3.8) is 0 Å². The number of carbonyl (C=O) groups excluding carboxylic acids is 4. The van der Waals surface area contributed by atoms with Crippen LogP contribution in [0, 0.1) is 0 Å². The van der Waals surface area contributed by atoms with Crippen molar-refractivity contribution in [1.82, 2.24) is 0 Å². The van der Waals surface area contributed by atoms with Crippen LogP contribution >= 0.6 is 0 Å². The largest absolute Gasteiger partial charge is 4.00 e. The molecular weight excluding hydrogens is 469 g/mol. The Labute approximate surface area is 193 Å². The van der Waals surface area contributed by atoms with Crippen LogP contribution < -0.4 is 15.3 Å². The summed E-state index contributed by atoms with van der Waals surface area (Å²) in [6.07, 6.45) is -0.333. The summed E-state index contributed by atoms with van der Waals surface area (Å²) in [6, 6.07) is 0. The van der Waals surface area contributed by atoms with Crippen LogP contribution in [0.2, 0.25) is 0 Å². The van der Waals surface area contributed by atoms with E-state index in [1.807, 2.05) is 0 Å².